The molecule has 2 N–H and O–H groups in total. The van der Waals surface area contributed by atoms with Gasteiger partial charge in [-0.2, -0.15) is 0 Å². The van der Waals surface area contributed by atoms with E-state index in [-0.39, 0.29) is 5.75 Å². The molecule has 0 radical (unpaired) electrons. The van der Waals surface area contributed by atoms with Crippen molar-refractivity contribution in [3.8, 4) is 0 Å². The van der Waals surface area contributed by atoms with Crippen LogP contribution in [0.25, 0.3) is 0 Å². The summed E-state index contributed by atoms with van der Waals surface area (Å²) in [6.07, 6.45) is 1.97. The first kappa shape index (κ1) is 13.9. The molecule has 0 spiro atoms. The summed E-state index contributed by atoms with van der Waals surface area (Å²) < 4.78 is 21.7. The number of nitrogens with zero attached hydrogens (tertiary/aromatic N) is 1. The second kappa shape index (κ2) is 6.37. The van der Waals surface area contributed by atoms with Crippen molar-refractivity contribution in [1.82, 2.24) is 4.90 Å². The van der Waals surface area contributed by atoms with Crippen molar-refractivity contribution in [2.75, 3.05) is 38.7 Å². The monoisotopic (exact) mass is 222 g/mol. The molecule has 0 saturated heterocycles. The first-order valence-corrected chi connectivity index (χ1v) is 6.97. The van der Waals surface area contributed by atoms with E-state index in [0.717, 1.165) is 13.1 Å². The van der Waals surface area contributed by atoms with E-state index in [1.807, 2.05) is 7.05 Å². The number of nitrogens with two attached hydrogens (primary N) is 1. The highest BCUT2D eigenvalue weighted by Crippen LogP contribution is 1.97. The minimum atomic E-state index is -2.81. The third-order valence-electron chi connectivity index (χ3n) is 2.08. The molecule has 4 nitrogen and oxygen atoms in total. The second-order valence-corrected chi connectivity index (χ2v) is 6.35. The van der Waals surface area contributed by atoms with Gasteiger partial charge < -0.3 is 10.6 Å². The second-order valence-electron chi connectivity index (χ2n) is 4.09. The summed E-state index contributed by atoms with van der Waals surface area (Å²) >= 11 is 0. The van der Waals surface area contributed by atoms with Gasteiger partial charge in [0.25, 0.3) is 0 Å². The van der Waals surface area contributed by atoms with Crippen molar-refractivity contribution in [3.05, 3.63) is 0 Å². The summed E-state index contributed by atoms with van der Waals surface area (Å²) in [6.45, 7) is 4.52. The van der Waals surface area contributed by atoms with Gasteiger partial charge in [0.1, 0.15) is 9.84 Å². The van der Waals surface area contributed by atoms with Gasteiger partial charge in [-0.1, -0.05) is 6.92 Å². The Labute approximate surface area is 87.4 Å². The largest absolute Gasteiger partial charge is 0.330 e. The van der Waals surface area contributed by atoms with Crippen molar-refractivity contribution in [1.29, 1.82) is 0 Å². The van der Waals surface area contributed by atoms with Gasteiger partial charge in [-0.25, -0.2) is 8.42 Å². The molecule has 0 saturated carbocycles. The van der Waals surface area contributed by atoms with Crippen LogP contribution in [-0.4, -0.2) is 52.0 Å². The highest BCUT2D eigenvalue weighted by molar-refractivity contribution is 7.90. The van der Waals surface area contributed by atoms with E-state index in [0.29, 0.717) is 18.9 Å². The zero-order valence-corrected chi connectivity index (χ0v) is 10.2. The number of sulfone groups is 1. The standard InChI is InChI=1S/C9H22N2O2S/c1-9(7-10)8-11(2)5-4-6-14(3,12)13/h9H,4-8,10H2,1-3H3. The van der Waals surface area contributed by atoms with E-state index in [2.05, 4.69) is 11.8 Å². The Bertz CT molecular complexity index is 239. The number of rotatable bonds is 7. The summed E-state index contributed by atoms with van der Waals surface area (Å²) in [5.41, 5.74) is 5.50. The average Bonchev–Trinajstić information content (AvgIpc) is 2.01. The zero-order valence-electron chi connectivity index (χ0n) is 9.36. The van der Waals surface area contributed by atoms with Crippen LogP contribution < -0.4 is 5.73 Å². The Morgan fingerprint density at radius 3 is 2.43 bits per heavy atom. The minimum absolute atomic E-state index is 0.272. The first-order chi connectivity index (χ1) is 6.35. The van der Waals surface area contributed by atoms with Crippen LogP contribution in [0.15, 0.2) is 0 Å². The van der Waals surface area contributed by atoms with Crippen LogP contribution in [0.4, 0.5) is 0 Å². The fourth-order valence-electron chi connectivity index (χ4n) is 1.29. The molecule has 0 heterocycles. The molecule has 1 atom stereocenters. The van der Waals surface area contributed by atoms with E-state index in [1.54, 1.807) is 0 Å². The molecular formula is C9H22N2O2S. The molecule has 14 heavy (non-hydrogen) atoms. The molecule has 0 amide bonds. The smallest absolute Gasteiger partial charge is 0.147 e. The zero-order chi connectivity index (χ0) is 11.2. The van der Waals surface area contributed by atoms with Gasteiger partial charge in [0.15, 0.2) is 0 Å². The molecule has 0 rings (SSSR count). The lowest BCUT2D eigenvalue weighted by molar-refractivity contribution is 0.290. The van der Waals surface area contributed by atoms with E-state index >= 15 is 0 Å². The van der Waals surface area contributed by atoms with E-state index in [1.165, 1.54) is 6.26 Å². The van der Waals surface area contributed by atoms with Gasteiger partial charge in [-0.05, 0) is 32.5 Å². The normalized spacial score (nSPS) is 14.6. The van der Waals surface area contributed by atoms with Crippen molar-refractivity contribution < 1.29 is 8.42 Å². The molecule has 0 aromatic heterocycles. The fraction of sp³-hybridized carbons (Fsp3) is 1.00. The summed E-state index contributed by atoms with van der Waals surface area (Å²) in [7, 11) is -0.811. The van der Waals surface area contributed by atoms with Gasteiger partial charge in [-0.15, -0.1) is 0 Å². The van der Waals surface area contributed by atoms with Gasteiger partial charge in [0.05, 0.1) is 5.75 Å². The Kier molecular flexibility index (Phi) is 6.31. The molecular weight excluding hydrogens is 200 g/mol. The molecule has 1 unspecified atom stereocenters. The molecule has 0 fully saturated rings. The third kappa shape index (κ3) is 8.47. The van der Waals surface area contributed by atoms with Crippen LogP contribution in [0.3, 0.4) is 0 Å². The average molecular weight is 222 g/mol. The highest BCUT2D eigenvalue weighted by Gasteiger charge is 2.06. The lowest BCUT2D eigenvalue weighted by Gasteiger charge is -2.19. The van der Waals surface area contributed by atoms with Gasteiger partial charge >= 0.3 is 0 Å². The topological polar surface area (TPSA) is 63.4 Å². The molecule has 0 aromatic rings. The van der Waals surface area contributed by atoms with Crippen LogP contribution in [0.2, 0.25) is 0 Å². The predicted molar refractivity (Wildman–Crippen MR) is 60.0 cm³/mol. The van der Waals surface area contributed by atoms with E-state index < -0.39 is 9.84 Å². The molecule has 0 aliphatic rings. The summed E-state index contributed by atoms with van der Waals surface area (Å²) in [5.74, 6) is 0.743. The van der Waals surface area contributed by atoms with Gasteiger partial charge in [-0.3, -0.25) is 0 Å². The number of hydrogen-bond donors (Lipinski definition) is 1. The minimum Gasteiger partial charge on any atom is -0.330 e. The highest BCUT2D eigenvalue weighted by atomic mass is 32.2. The quantitative estimate of drug-likeness (QED) is 0.656. The van der Waals surface area contributed by atoms with Crippen molar-refractivity contribution in [3.63, 3.8) is 0 Å². The van der Waals surface area contributed by atoms with Crippen LogP contribution >= 0.6 is 0 Å². The van der Waals surface area contributed by atoms with Crippen LogP contribution in [0.5, 0.6) is 0 Å². The van der Waals surface area contributed by atoms with Crippen molar-refractivity contribution in [2.24, 2.45) is 11.7 Å². The Balaban J connectivity index is 3.59. The van der Waals surface area contributed by atoms with Crippen LogP contribution in [0.1, 0.15) is 13.3 Å². The van der Waals surface area contributed by atoms with Crippen molar-refractivity contribution in [2.45, 2.75) is 13.3 Å². The lowest BCUT2D eigenvalue weighted by atomic mass is 10.2. The van der Waals surface area contributed by atoms with E-state index in [9.17, 15) is 8.42 Å². The molecule has 0 bridgehead atoms. The molecule has 5 heteroatoms. The van der Waals surface area contributed by atoms with E-state index in [4.69, 9.17) is 5.73 Å². The Morgan fingerprint density at radius 2 is 2.00 bits per heavy atom. The SMILES string of the molecule is CC(CN)CN(C)CCCS(C)(=O)=O. The molecule has 0 aromatic carbocycles. The van der Waals surface area contributed by atoms with Crippen LogP contribution in [-0.2, 0) is 9.84 Å². The molecule has 0 aliphatic carbocycles. The third-order valence-corrected chi connectivity index (χ3v) is 3.11. The predicted octanol–water partition coefficient (Wildman–Crippen LogP) is -0.0523. The van der Waals surface area contributed by atoms with Crippen LogP contribution in [0, 0.1) is 5.92 Å². The maximum atomic E-state index is 10.9. The Hall–Kier alpha value is -0.130. The first-order valence-electron chi connectivity index (χ1n) is 4.91. The summed E-state index contributed by atoms with van der Waals surface area (Å²) in [6, 6.07) is 0. The summed E-state index contributed by atoms with van der Waals surface area (Å²) in [5, 5.41) is 0. The molecule has 0 aliphatic heterocycles. The summed E-state index contributed by atoms with van der Waals surface area (Å²) in [4.78, 5) is 2.13. The van der Waals surface area contributed by atoms with Crippen molar-refractivity contribution >= 4 is 9.84 Å². The van der Waals surface area contributed by atoms with Gasteiger partial charge in [0, 0.05) is 12.8 Å². The maximum Gasteiger partial charge on any atom is 0.147 e. The maximum absolute atomic E-state index is 10.9. The molecule has 86 valence electrons. The fourth-order valence-corrected chi connectivity index (χ4v) is 1.95. The lowest BCUT2D eigenvalue weighted by Crippen LogP contribution is -2.29. The number of hydrogen-bond acceptors (Lipinski definition) is 4. The van der Waals surface area contributed by atoms with Gasteiger partial charge in [0.2, 0.25) is 0 Å². The Morgan fingerprint density at radius 1 is 1.43 bits per heavy atom.